The first-order chi connectivity index (χ1) is 10.2. The quantitative estimate of drug-likeness (QED) is 0.719. The average Bonchev–Trinajstić information content (AvgIpc) is 2.97. The molecule has 1 aromatic rings. The van der Waals surface area contributed by atoms with E-state index in [0.29, 0.717) is 6.54 Å². The van der Waals surface area contributed by atoms with E-state index in [-0.39, 0.29) is 12.1 Å². The molecule has 0 amide bonds. The van der Waals surface area contributed by atoms with Crippen LogP contribution in [0.2, 0.25) is 0 Å². The normalized spacial score (nSPS) is 16.1. The van der Waals surface area contributed by atoms with E-state index in [1.807, 2.05) is 26.0 Å². The zero-order valence-corrected chi connectivity index (χ0v) is 13.3. The molecule has 0 radical (unpaired) electrons. The van der Waals surface area contributed by atoms with E-state index < -0.39 is 0 Å². The van der Waals surface area contributed by atoms with Crippen molar-refractivity contribution in [1.29, 1.82) is 0 Å². The first-order valence-corrected chi connectivity index (χ1v) is 8.07. The van der Waals surface area contributed by atoms with E-state index in [1.54, 1.807) is 5.57 Å². The van der Waals surface area contributed by atoms with Gasteiger partial charge in [0.25, 0.3) is 0 Å². The molecule has 116 valence electrons. The van der Waals surface area contributed by atoms with Crippen molar-refractivity contribution in [3.8, 4) is 5.75 Å². The molecular weight excluding hydrogens is 260 g/mol. The lowest BCUT2D eigenvalue weighted by Crippen LogP contribution is -2.29. The van der Waals surface area contributed by atoms with Crippen molar-refractivity contribution >= 4 is 0 Å². The van der Waals surface area contributed by atoms with Crippen LogP contribution in [-0.2, 0) is 0 Å². The van der Waals surface area contributed by atoms with Crippen LogP contribution >= 0.6 is 0 Å². The number of benzene rings is 1. The number of ether oxygens (including phenoxy) is 1. The van der Waals surface area contributed by atoms with Gasteiger partial charge in [-0.05, 0) is 63.8 Å². The number of rotatable bonds is 8. The summed E-state index contributed by atoms with van der Waals surface area (Å²) in [5.74, 6) is 0.917. The third-order valence-corrected chi connectivity index (χ3v) is 3.86. The molecular formula is C18H28N2O. The third kappa shape index (κ3) is 5.18. The third-order valence-electron chi connectivity index (χ3n) is 3.86. The van der Waals surface area contributed by atoms with E-state index in [9.17, 15) is 0 Å². The summed E-state index contributed by atoms with van der Waals surface area (Å²) < 4.78 is 5.67. The van der Waals surface area contributed by atoms with Crippen LogP contribution in [0, 0.1) is 0 Å². The smallest absolute Gasteiger partial charge is 0.119 e. The Morgan fingerprint density at radius 1 is 1.24 bits per heavy atom. The maximum atomic E-state index is 5.91. The number of allylic oxidation sites excluding steroid dienone is 1. The molecule has 3 heteroatoms. The van der Waals surface area contributed by atoms with Gasteiger partial charge in [0.2, 0.25) is 0 Å². The van der Waals surface area contributed by atoms with Gasteiger partial charge in [-0.2, -0.15) is 0 Å². The summed E-state index contributed by atoms with van der Waals surface area (Å²) in [7, 11) is 0. The number of hydrogen-bond donors (Lipinski definition) is 2. The highest BCUT2D eigenvalue weighted by Gasteiger charge is 2.10. The van der Waals surface area contributed by atoms with Gasteiger partial charge in [-0.1, -0.05) is 23.8 Å². The largest absolute Gasteiger partial charge is 0.491 e. The van der Waals surface area contributed by atoms with Crippen LogP contribution in [0.5, 0.6) is 5.75 Å². The predicted octanol–water partition coefficient (Wildman–Crippen LogP) is 3.56. The maximum Gasteiger partial charge on any atom is 0.119 e. The molecule has 0 heterocycles. The van der Waals surface area contributed by atoms with E-state index >= 15 is 0 Å². The molecule has 21 heavy (non-hydrogen) atoms. The average molecular weight is 288 g/mol. The Morgan fingerprint density at radius 3 is 2.57 bits per heavy atom. The van der Waals surface area contributed by atoms with Gasteiger partial charge >= 0.3 is 0 Å². The number of hydrogen-bond acceptors (Lipinski definition) is 3. The SMILES string of the molecule is CC(C)Oc1ccc(C(CN)NCCC2=CCCC2)cc1. The predicted molar refractivity (Wildman–Crippen MR) is 88.6 cm³/mol. The second-order valence-corrected chi connectivity index (χ2v) is 5.98. The molecule has 0 aromatic heterocycles. The molecule has 1 unspecified atom stereocenters. The second-order valence-electron chi connectivity index (χ2n) is 5.98. The Balaban J connectivity index is 1.84. The number of nitrogens with one attached hydrogen (secondary N) is 1. The van der Waals surface area contributed by atoms with Crippen molar-refractivity contribution in [2.45, 2.75) is 51.7 Å². The van der Waals surface area contributed by atoms with Gasteiger partial charge in [-0.3, -0.25) is 0 Å². The summed E-state index contributed by atoms with van der Waals surface area (Å²) in [5.41, 5.74) is 8.74. The first-order valence-electron chi connectivity index (χ1n) is 8.07. The summed E-state index contributed by atoms with van der Waals surface area (Å²) in [6.45, 7) is 5.69. The molecule has 3 nitrogen and oxygen atoms in total. The van der Waals surface area contributed by atoms with Gasteiger partial charge in [0.05, 0.1) is 6.10 Å². The Morgan fingerprint density at radius 2 is 2.00 bits per heavy atom. The Kier molecular flexibility index (Phi) is 6.27. The molecule has 3 N–H and O–H groups in total. The maximum absolute atomic E-state index is 5.91. The van der Waals surface area contributed by atoms with E-state index in [2.05, 4.69) is 23.5 Å². The Hall–Kier alpha value is -1.32. The molecule has 0 saturated carbocycles. The standard InChI is InChI=1S/C18H28N2O/c1-14(2)21-17-9-7-16(8-10-17)18(13-19)20-12-11-15-5-3-4-6-15/h5,7-10,14,18,20H,3-4,6,11-13,19H2,1-2H3. The van der Waals surface area contributed by atoms with Gasteiger partial charge in [0.15, 0.2) is 0 Å². The van der Waals surface area contributed by atoms with Crippen LogP contribution in [0.25, 0.3) is 0 Å². The summed E-state index contributed by atoms with van der Waals surface area (Å²) in [5, 5.41) is 3.57. The zero-order chi connectivity index (χ0) is 15.1. The summed E-state index contributed by atoms with van der Waals surface area (Å²) in [6.07, 6.45) is 7.59. The minimum Gasteiger partial charge on any atom is -0.491 e. The van der Waals surface area contributed by atoms with Crippen molar-refractivity contribution in [3.05, 3.63) is 41.5 Å². The zero-order valence-electron chi connectivity index (χ0n) is 13.3. The molecule has 1 aliphatic rings. The van der Waals surface area contributed by atoms with E-state index in [4.69, 9.17) is 10.5 Å². The molecule has 0 fully saturated rings. The lowest BCUT2D eigenvalue weighted by molar-refractivity contribution is 0.242. The molecule has 1 aliphatic carbocycles. The van der Waals surface area contributed by atoms with Gasteiger partial charge in [-0.15, -0.1) is 0 Å². The van der Waals surface area contributed by atoms with E-state index in [0.717, 1.165) is 18.7 Å². The molecule has 0 bridgehead atoms. The Bertz CT molecular complexity index is 451. The van der Waals surface area contributed by atoms with Crippen molar-refractivity contribution in [3.63, 3.8) is 0 Å². The monoisotopic (exact) mass is 288 g/mol. The van der Waals surface area contributed by atoms with Crippen molar-refractivity contribution in [1.82, 2.24) is 5.32 Å². The highest BCUT2D eigenvalue weighted by atomic mass is 16.5. The summed E-state index contributed by atoms with van der Waals surface area (Å²) in [4.78, 5) is 0. The molecule has 0 saturated heterocycles. The van der Waals surface area contributed by atoms with Crippen LogP contribution in [-0.4, -0.2) is 19.2 Å². The van der Waals surface area contributed by atoms with Crippen LogP contribution in [0.1, 0.15) is 51.1 Å². The molecule has 0 spiro atoms. The fourth-order valence-electron chi connectivity index (χ4n) is 2.76. The fraction of sp³-hybridized carbons (Fsp3) is 0.556. The molecule has 2 rings (SSSR count). The second kappa shape index (κ2) is 8.20. The Labute approximate surface area is 128 Å². The van der Waals surface area contributed by atoms with Gasteiger partial charge in [0.1, 0.15) is 5.75 Å². The number of nitrogens with two attached hydrogens (primary N) is 1. The van der Waals surface area contributed by atoms with Crippen molar-refractivity contribution in [2.75, 3.05) is 13.1 Å². The lowest BCUT2D eigenvalue weighted by Gasteiger charge is -2.18. The van der Waals surface area contributed by atoms with Crippen LogP contribution in [0.3, 0.4) is 0 Å². The highest BCUT2D eigenvalue weighted by Crippen LogP contribution is 2.21. The molecule has 1 aromatic carbocycles. The van der Waals surface area contributed by atoms with Gasteiger partial charge in [-0.25, -0.2) is 0 Å². The topological polar surface area (TPSA) is 47.3 Å². The fourth-order valence-corrected chi connectivity index (χ4v) is 2.76. The van der Waals surface area contributed by atoms with Crippen LogP contribution in [0.4, 0.5) is 0 Å². The summed E-state index contributed by atoms with van der Waals surface area (Å²) in [6, 6.07) is 8.49. The molecule has 1 atom stereocenters. The highest BCUT2D eigenvalue weighted by molar-refractivity contribution is 5.29. The summed E-state index contributed by atoms with van der Waals surface area (Å²) >= 11 is 0. The van der Waals surface area contributed by atoms with Crippen molar-refractivity contribution in [2.24, 2.45) is 5.73 Å². The van der Waals surface area contributed by atoms with E-state index in [1.165, 1.54) is 24.8 Å². The minimum absolute atomic E-state index is 0.207. The molecule has 0 aliphatic heterocycles. The van der Waals surface area contributed by atoms with Crippen LogP contribution in [0.15, 0.2) is 35.9 Å². The van der Waals surface area contributed by atoms with Gasteiger partial charge in [0, 0.05) is 12.6 Å². The lowest BCUT2D eigenvalue weighted by atomic mass is 10.1. The van der Waals surface area contributed by atoms with Gasteiger partial charge < -0.3 is 15.8 Å². The van der Waals surface area contributed by atoms with Crippen LogP contribution < -0.4 is 15.8 Å². The van der Waals surface area contributed by atoms with Crippen molar-refractivity contribution < 1.29 is 4.74 Å². The minimum atomic E-state index is 0.207. The first kappa shape index (κ1) is 16.1.